The van der Waals surface area contributed by atoms with E-state index in [4.69, 9.17) is 0 Å². The number of benzene rings is 1. The second kappa shape index (κ2) is 6.57. The van der Waals surface area contributed by atoms with Gasteiger partial charge in [0.15, 0.2) is 0 Å². The van der Waals surface area contributed by atoms with Crippen molar-refractivity contribution >= 4 is 11.6 Å². The molecule has 1 aliphatic heterocycles. The summed E-state index contributed by atoms with van der Waals surface area (Å²) in [6, 6.07) is 6.36. The third-order valence-electron chi connectivity index (χ3n) is 3.54. The molecule has 4 heteroatoms. The van der Waals surface area contributed by atoms with E-state index in [0.717, 1.165) is 18.8 Å². The lowest BCUT2D eigenvalue weighted by molar-refractivity contribution is 0.0956. The summed E-state index contributed by atoms with van der Waals surface area (Å²) in [5, 5.41) is 9.74. The first-order valence-corrected chi connectivity index (χ1v) is 7.07. The molecule has 1 atom stereocenters. The maximum atomic E-state index is 11.8. The Balaban J connectivity index is 2.01. The highest BCUT2D eigenvalue weighted by Crippen LogP contribution is 2.17. The normalized spacial score (nSPS) is 18.3. The van der Waals surface area contributed by atoms with Gasteiger partial charge in [-0.15, -0.1) is 0 Å². The largest absolute Gasteiger partial charge is 0.383 e. The third-order valence-corrected chi connectivity index (χ3v) is 3.54. The fraction of sp³-hybridized carbons (Fsp3) is 0.533. The molecule has 0 aromatic heterocycles. The maximum absolute atomic E-state index is 11.8. The van der Waals surface area contributed by atoms with Gasteiger partial charge in [-0.05, 0) is 50.9 Å². The Morgan fingerprint density at radius 3 is 3.00 bits per heavy atom. The van der Waals surface area contributed by atoms with Crippen LogP contribution in [0.1, 0.15) is 35.7 Å². The fourth-order valence-electron chi connectivity index (χ4n) is 2.38. The number of carbonyl (C=O) groups is 1. The van der Waals surface area contributed by atoms with Gasteiger partial charge in [-0.2, -0.15) is 0 Å². The number of rotatable bonds is 5. The Morgan fingerprint density at radius 1 is 1.47 bits per heavy atom. The number of hydrogen-bond acceptors (Lipinski definition) is 3. The van der Waals surface area contributed by atoms with Crippen LogP contribution in [0.2, 0.25) is 0 Å². The molecule has 0 saturated carbocycles. The maximum Gasteiger partial charge on any atom is 0.251 e. The van der Waals surface area contributed by atoms with Crippen LogP contribution < -0.4 is 16.0 Å². The number of amides is 1. The Morgan fingerprint density at radius 2 is 2.32 bits per heavy atom. The molecule has 1 fully saturated rings. The van der Waals surface area contributed by atoms with E-state index in [2.05, 4.69) is 22.9 Å². The van der Waals surface area contributed by atoms with E-state index in [9.17, 15) is 4.79 Å². The van der Waals surface area contributed by atoms with E-state index in [0.29, 0.717) is 18.2 Å². The van der Waals surface area contributed by atoms with Crippen LogP contribution in [0.3, 0.4) is 0 Å². The molecule has 2 rings (SSSR count). The molecule has 1 heterocycles. The summed E-state index contributed by atoms with van der Waals surface area (Å²) >= 11 is 0. The van der Waals surface area contributed by atoms with Crippen molar-refractivity contribution in [2.45, 2.75) is 32.7 Å². The summed E-state index contributed by atoms with van der Waals surface area (Å²) in [5.74, 6) is -0.00968. The summed E-state index contributed by atoms with van der Waals surface area (Å²) in [6.45, 7) is 6.67. The van der Waals surface area contributed by atoms with E-state index in [1.807, 2.05) is 25.1 Å². The minimum absolute atomic E-state index is 0.00968. The first kappa shape index (κ1) is 13.9. The molecule has 1 unspecified atom stereocenters. The molecule has 1 aromatic carbocycles. The Hall–Kier alpha value is -1.55. The van der Waals surface area contributed by atoms with Gasteiger partial charge in [0.2, 0.25) is 0 Å². The topological polar surface area (TPSA) is 53.2 Å². The molecule has 0 aliphatic carbocycles. The second-order valence-electron chi connectivity index (χ2n) is 5.06. The van der Waals surface area contributed by atoms with E-state index in [-0.39, 0.29) is 5.91 Å². The van der Waals surface area contributed by atoms with Crippen LogP contribution >= 0.6 is 0 Å². The third kappa shape index (κ3) is 3.70. The van der Waals surface area contributed by atoms with Crippen molar-refractivity contribution in [2.24, 2.45) is 0 Å². The summed E-state index contributed by atoms with van der Waals surface area (Å²) in [5.41, 5.74) is 2.94. The number of carbonyl (C=O) groups excluding carboxylic acids is 1. The van der Waals surface area contributed by atoms with Crippen molar-refractivity contribution < 1.29 is 4.79 Å². The summed E-state index contributed by atoms with van der Waals surface area (Å²) in [7, 11) is 0. The minimum atomic E-state index is -0.00968. The molecule has 4 nitrogen and oxygen atoms in total. The standard InChI is InChI=1S/C15H23N3O/c1-3-16-15(19)12-7-6-11(2)14(9-12)18-10-13-5-4-8-17-13/h6-7,9,13,17-18H,3-5,8,10H2,1-2H3,(H,16,19). The Bertz CT molecular complexity index is 439. The van der Waals surface area contributed by atoms with Gasteiger partial charge in [0.05, 0.1) is 0 Å². The van der Waals surface area contributed by atoms with Crippen LogP contribution in [0.5, 0.6) is 0 Å². The lowest BCUT2D eigenvalue weighted by Crippen LogP contribution is -2.29. The van der Waals surface area contributed by atoms with E-state index >= 15 is 0 Å². The van der Waals surface area contributed by atoms with Crippen LogP contribution in [-0.4, -0.2) is 31.6 Å². The van der Waals surface area contributed by atoms with Crippen molar-refractivity contribution in [2.75, 3.05) is 25.0 Å². The van der Waals surface area contributed by atoms with E-state index < -0.39 is 0 Å². The summed E-state index contributed by atoms with van der Waals surface area (Å²) < 4.78 is 0. The summed E-state index contributed by atoms with van der Waals surface area (Å²) in [6.07, 6.45) is 2.48. The average Bonchev–Trinajstić information content (AvgIpc) is 2.91. The molecule has 0 spiro atoms. The molecule has 1 amide bonds. The predicted octanol–water partition coefficient (Wildman–Crippen LogP) is 1.91. The average molecular weight is 261 g/mol. The quantitative estimate of drug-likeness (QED) is 0.759. The van der Waals surface area contributed by atoms with Gasteiger partial charge >= 0.3 is 0 Å². The van der Waals surface area contributed by atoms with Crippen molar-refractivity contribution in [1.29, 1.82) is 0 Å². The highest BCUT2D eigenvalue weighted by atomic mass is 16.1. The molecular formula is C15H23N3O. The monoisotopic (exact) mass is 261 g/mol. The van der Waals surface area contributed by atoms with Crippen molar-refractivity contribution in [3.05, 3.63) is 29.3 Å². The van der Waals surface area contributed by atoms with Gasteiger partial charge in [0.1, 0.15) is 0 Å². The fourth-order valence-corrected chi connectivity index (χ4v) is 2.38. The number of aryl methyl sites for hydroxylation is 1. The number of anilines is 1. The second-order valence-corrected chi connectivity index (χ2v) is 5.06. The van der Waals surface area contributed by atoms with Gasteiger partial charge in [-0.3, -0.25) is 4.79 Å². The zero-order valence-corrected chi connectivity index (χ0v) is 11.8. The highest BCUT2D eigenvalue weighted by Gasteiger charge is 2.14. The van der Waals surface area contributed by atoms with Crippen LogP contribution in [0, 0.1) is 6.92 Å². The van der Waals surface area contributed by atoms with Crippen molar-refractivity contribution in [1.82, 2.24) is 10.6 Å². The van der Waals surface area contributed by atoms with Gasteiger partial charge in [0, 0.05) is 30.4 Å². The lowest BCUT2D eigenvalue weighted by atomic mass is 10.1. The van der Waals surface area contributed by atoms with Gasteiger partial charge < -0.3 is 16.0 Å². The predicted molar refractivity (Wildman–Crippen MR) is 78.7 cm³/mol. The molecule has 1 saturated heterocycles. The minimum Gasteiger partial charge on any atom is -0.383 e. The van der Waals surface area contributed by atoms with E-state index in [1.54, 1.807) is 0 Å². The molecular weight excluding hydrogens is 238 g/mol. The van der Waals surface area contributed by atoms with Gasteiger partial charge in [0.25, 0.3) is 5.91 Å². The Labute approximate surface area is 115 Å². The van der Waals surface area contributed by atoms with Gasteiger partial charge in [-0.1, -0.05) is 6.07 Å². The first-order chi connectivity index (χ1) is 9.20. The van der Waals surface area contributed by atoms with Crippen LogP contribution in [0.25, 0.3) is 0 Å². The van der Waals surface area contributed by atoms with Crippen LogP contribution in [0.4, 0.5) is 5.69 Å². The molecule has 104 valence electrons. The van der Waals surface area contributed by atoms with Gasteiger partial charge in [-0.25, -0.2) is 0 Å². The zero-order chi connectivity index (χ0) is 13.7. The first-order valence-electron chi connectivity index (χ1n) is 7.07. The zero-order valence-electron chi connectivity index (χ0n) is 11.8. The number of nitrogens with one attached hydrogen (secondary N) is 3. The van der Waals surface area contributed by atoms with Crippen LogP contribution in [-0.2, 0) is 0 Å². The SMILES string of the molecule is CCNC(=O)c1ccc(C)c(NCC2CCCN2)c1. The van der Waals surface area contributed by atoms with Crippen molar-refractivity contribution in [3.63, 3.8) is 0 Å². The summed E-state index contributed by atoms with van der Waals surface area (Å²) in [4.78, 5) is 11.8. The smallest absolute Gasteiger partial charge is 0.251 e. The Kier molecular flexibility index (Phi) is 4.80. The molecule has 0 radical (unpaired) electrons. The highest BCUT2D eigenvalue weighted by molar-refractivity contribution is 5.95. The number of hydrogen-bond donors (Lipinski definition) is 3. The van der Waals surface area contributed by atoms with Crippen LogP contribution in [0.15, 0.2) is 18.2 Å². The molecule has 3 N–H and O–H groups in total. The van der Waals surface area contributed by atoms with E-state index in [1.165, 1.54) is 18.4 Å². The molecule has 0 bridgehead atoms. The van der Waals surface area contributed by atoms with Crippen molar-refractivity contribution in [3.8, 4) is 0 Å². The molecule has 1 aromatic rings. The molecule has 19 heavy (non-hydrogen) atoms. The lowest BCUT2D eigenvalue weighted by Gasteiger charge is -2.15. The molecule has 1 aliphatic rings.